The van der Waals surface area contributed by atoms with E-state index in [0.717, 1.165) is 6.42 Å². The van der Waals surface area contributed by atoms with Gasteiger partial charge in [0.15, 0.2) is 12.1 Å². The molecule has 9 unspecified atom stereocenters. The summed E-state index contributed by atoms with van der Waals surface area (Å²) in [5.41, 5.74) is 6.00. The van der Waals surface area contributed by atoms with E-state index in [1.165, 1.54) is 0 Å². The number of carboxylic acid groups (broad SMARTS) is 1. The van der Waals surface area contributed by atoms with Crippen molar-refractivity contribution in [1.82, 2.24) is 0 Å². The van der Waals surface area contributed by atoms with Crippen LogP contribution in [0.3, 0.4) is 0 Å². The van der Waals surface area contributed by atoms with E-state index in [1.807, 2.05) is 26.0 Å². The molecule has 9 N–H and O–H groups in total. The lowest BCUT2D eigenvalue weighted by Gasteiger charge is -2.45. The summed E-state index contributed by atoms with van der Waals surface area (Å²) in [5.74, 6) is -5.93. The third-order valence-electron chi connectivity index (χ3n) is 10.3. The maximum atomic E-state index is 12.6. The Kier molecular flexibility index (Phi) is 19.0. The molecular formula is C40H61NO14. The lowest BCUT2D eigenvalue weighted by Crippen LogP contribution is -2.61. The van der Waals surface area contributed by atoms with E-state index in [1.54, 1.807) is 55.5 Å². The maximum Gasteiger partial charge on any atom is 0.311 e. The highest BCUT2D eigenvalue weighted by Crippen LogP contribution is 2.38. The molecule has 14 atom stereocenters. The van der Waals surface area contributed by atoms with E-state index in [4.69, 9.17) is 24.7 Å². The molecule has 0 spiro atoms. The summed E-state index contributed by atoms with van der Waals surface area (Å²) in [6, 6.07) is -1.10. The maximum absolute atomic E-state index is 12.6. The molecule has 0 aromatic heterocycles. The van der Waals surface area contributed by atoms with E-state index in [-0.39, 0.29) is 50.2 Å². The van der Waals surface area contributed by atoms with E-state index in [9.17, 15) is 50.1 Å². The number of aliphatic carboxylic acids is 1. The lowest BCUT2D eigenvalue weighted by atomic mass is 9.83. The molecule has 2 saturated heterocycles. The highest BCUT2D eigenvalue weighted by Gasteiger charge is 2.50. The van der Waals surface area contributed by atoms with Crippen LogP contribution in [0.2, 0.25) is 0 Å². The number of aliphatic hydroxyl groups is 6. The fraction of sp³-hybridized carbons (Fsp3) is 0.675. The van der Waals surface area contributed by atoms with Crippen LogP contribution < -0.4 is 5.73 Å². The van der Waals surface area contributed by atoms with E-state index in [2.05, 4.69) is 0 Å². The lowest BCUT2D eigenvalue weighted by molar-refractivity contribution is -0.308. The zero-order chi connectivity index (χ0) is 40.7. The molecule has 0 aromatic carbocycles. The fourth-order valence-corrected chi connectivity index (χ4v) is 6.89. The number of esters is 1. The molecule has 3 aliphatic heterocycles. The van der Waals surface area contributed by atoms with Gasteiger partial charge in [0.25, 0.3) is 0 Å². The van der Waals surface area contributed by atoms with Crippen molar-refractivity contribution in [2.75, 3.05) is 0 Å². The van der Waals surface area contributed by atoms with Gasteiger partial charge in [-0.2, -0.15) is 0 Å². The second-order valence-electron chi connectivity index (χ2n) is 14.9. The van der Waals surface area contributed by atoms with Crippen molar-refractivity contribution >= 4 is 17.7 Å². The molecule has 0 radical (unpaired) electrons. The topological polar surface area (TPSA) is 256 Å². The molecule has 2 fully saturated rings. The van der Waals surface area contributed by atoms with Gasteiger partial charge in [-0.3, -0.25) is 14.4 Å². The van der Waals surface area contributed by atoms with Gasteiger partial charge in [-0.1, -0.05) is 81.0 Å². The van der Waals surface area contributed by atoms with Gasteiger partial charge < -0.3 is 60.4 Å². The highest BCUT2D eigenvalue weighted by atomic mass is 16.7. The van der Waals surface area contributed by atoms with Gasteiger partial charge in [0.1, 0.15) is 23.9 Å². The summed E-state index contributed by atoms with van der Waals surface area (Å²) in [6.07, 6.45) is 5.42. The van der Waals surface area contributed by atoms with Crippen LogP contribution in [0.25, 0.3) is 0 Å². The van der Waals surface area contributed by atoms with Gasteiger partial charge in [-0.15, -0.1) is 0 Å². The Morgan fingerprint density at radius 1 is 0.964 bits per heavy atom. The van der Waals surface area contributed by atoms with Crippen molar-refractivity contribution in [2.45, 2.75) is 158 Å². The first kappa shape index (κ1) is 46.3. The first-order valence-corrected chi connectivity index (χ1v) is 19.2. The Bertz CT molecular complexity index is 1380. The van der Waals surface area contributed by atoms with Gasteiger partial charge in [0, 0.05) is 38.5 Å². The highest BCUT2D eigenvalue weighted by molar-refractivity contribution is 5.80. The van der Waals surface area contributed by atoms with Crippen LogP contribution in [0.15, 0.2) is 60.8 Å². The molecule has 0 amide bonds. The average Bonchev–Trinajstić information content (AvgIpc) is 3.09. The minimum Gasteiger partial charge on any atom is -0.481 e. The molecule has 3 heterocycles. The predicted molar refractivity (Wildman–Crippen MR) is 200 cm³/mol. The first-order valence-electron chi connectivity index (χ1n) is 19.2. The van der Waals surface area contributed by atoms with Crippen LogP contribution in [0.4, 0.5) is 0 Å². The number of hydrogen-bond acceptors (Lipinski definition) is 14. The van der Waals surface area contributed by atoms with Crippen molar-refractivity contribution < 1.29 is 69.1 Å². The Labute approximate surface area is 322 Å². The van der Waals surface area contributed by atoms with Gasteiger partial charge in [0.05, 0.1) is 55.2 Å². The standard InChI is InChI=1S/C40H61NO14/c1-4-24(2)31-18-13-11-9-7-5-6-8-10-12-17-29(53-39-37(48)35(41)36(47)25(3)52-39)21-32-34(38(49)50)30(45)23-40(51,55-32)22-27(43)16-14-15-26(42)19-28(44)20-33(46)54-31/h5-13,17,24-25,27-32,34-37,39,43-45,47-48,51H,4,14-16,18-23,41H2,1-3H3,(H,49,50)/b6-5-,9-7-,10-8-,13-11-,17-12-/t24?,25-,27?,28?,29?,30?,31?,32?,34?,35+,36-,37+,39+,40?/m1/s1. The molecule has 0 aromatic rings. The molecule has 0 saturated carbocycles. The largest absolute Gasteiger partial charge is 0.481 e. The van der Waals surface area contributed by atoms with Crippen LogP contribution in [0.1, 0.15) is 85.0 Å². The first-order chi connectivity index (χ1) is 26.0. The molecule has 310 valence electrons. The Morgan fingerprint density at radius 2 is 1.62 bits per heavy atom. The molecule has 2 bridgehead atoms. The van der Waals surface area contributed by atoms with Gasteiger partial charge in [-0.05, 0) is 25.7 Å². The number of Topliss-reactive ketones (excluding diaryl/α,β-unsaturated/α-hetero) is 1. The van der Waals surface area contributed by atoms with Crippen LogP contribution >= 0.6 is 0 Å². The zero-order valence-corrected chi connectivity index (χ0v) is 31.9. The van der Waals surface area contributed by atoms with Crippen molar-refractivity contribution in [1.29, 1.82) is 0 Å². The number of carbonyl (C=O) groups is 3. The van der Waals surface area contributed by atoms with Crippen LogP contribution in [-0.2, 0) is 33.3 Å². The summed E-state index contributed by atoms with van der Waals surface area (Å²) >= 11 is 0. The zero-order valence-electron chi connectivity index (χ0n) is 31.9. The Balaban J connectivity index is 1.88. The average molecular weight is 780 g/mol. The minimum absolute atomic E-state index is 0.0218. The number of ketones is 1. The number of aliphatic hydroxyl groups excluding tert-OH is 5. The molecule has 55 heavy (non-hydrogen) atoms. The summed E-state index contributed by atoms with van der Waals surface area (Å²) in [7, 11) is 0. The van der Waals surface area contributed by atoms with Gasteiger partial charge >= 0.3 is 11.9 Å². The number of carbonyl (C=O) groups excluding carboxylic acids is 2. The summed E-state index contributed by atoms with van der Waals surface area (Å²) in [6.45, 7) is 5.51. The number of ether oxygens (including phenoxy) is 4. The molecule has 15 nitrogen and oxygen atoms in total. The quantitative estimate of drug-likeness (QED) is 0.185. The molecule has 3 aliphatic rings. The number of allylic oxidation sites excluding steroid dienone is 8. The van der Waals surface area contributed by atoms with E-state index < -0.39 is 104 Å². The number of fused-ring (bicyclic) bond motifs is 2. The predicted octanol–water partition coefficient (Wildman–Crippen LogP) is 1.87. The summed E-state index contributed by atoms with van der Waals surface area (Å²) < 4.78 is 23.3. The number of rotatable bonds is 5. The van der Waals surface area contributed by atoms with Gasteiger partial charge in [0.2, 0.25) is 0 Å². The summed E-state index contributed by atoms with van der Waals surface area (Å²) in [4.78, 5) is 37.6. The van der Waals surface area contributed by atoms with Crippen molar-refractivity contribution in [3.05, 3.63) is 60.8 Å². The molecular weight excluding hydrogens is 718 g/mol. The molecule has 15 heteroatoms. The van der Waals surface area contributed by atoms with Crippen molar-refractivity contribution in [2.24, 2.45) is 17.6 Å². The number of carboxylic acids is 1. The third kappa shape index (κ3) is 15.1. The normalized spacial score (nSPS) is 41.7. The van der Waals surface area contributed by atoms with Gasteiger partial charge in [-0.25, -0.2) is 0 Å². The SMILES string of the molecule is CCC(C)C1C\C=C/C=C\C=C/C=C\C=C/C(O[C@@H]2O[C@H](C)[C@@H](O)[C@H](N)[C@@H]2O)CC2OC(O)(CC(O)CCCC(=O)CC(O)CC(=O)O1)CC(O)C2C(=O)O. The third-order valence-corrected chi connectivity index (χ3v) is 10.3. The fourth-order valence-electron chi connectivity index (χ4n) is 6.89. The summed E-state index contributed by atoms with van der Waals surface area (Å²) in [5, 5.41) is 74.7. The molecule has 0 aliphatic carbocycles. The minimum atomic E-state index is -2.16. The van der Waals surface area contributed by atoms with E-state index >= 15 is 0 Å². The van der Waals surface area contributed by atoms with Crippen LogP contribution in [0, 0.1) is 11.8 Å². The van der Waals surface area contributed by atoms with E-state index in [0.29, 0.717) is 6.42 Å². The number of nitrogens with two attached hydrogens (primary N) is 1. The Morgan fingerprint density at radius 3 is 2.27 bits per heavy atom. The van der Waals surface area contributed by atoms with Crippen molar-refractivity contribution in [3.63, 3.8) is 0 Å². The molecule has 3 rings (SSSR count). The smallest absolute Gasteiger partial charge is 0.311 e. The second kappa shape index (κ2) is 22.6. The second-order valence-corrected chi connectivity index (χ2v) is 14.9. The van der Waals surface area contributed by atoms with Crippen LogP contribution in [-0.4, -0.2) is 127 Å². The van der Waals surface area contributed by atoms with Crippen molar-refractivity contribution in [3.8, 4) is 0 Å². The number of cyclic esters (lactones) is 1. The van der Waals surface area contributed by atoms with Crippen LogP contribution in [0.5, 0.6) is 0 Å². The number of hydrogen-bond donors (Lipinski definition) is 8. The Hall–Kier alpha value is -3.09. The monoisotopic (exact) mass is 779 g/mol.